The molecule has 0 spiro atoms. The Hall–Kier alpha value is -4.10. The van der Waals surface area contributed by atoms with Gasteiger partial charge in [0.15, 0.2) is 0 Å². The summed E-state index contributed by atoms with van der Waals surface area (Å²) in [5.41, 5.74) is -3.88. The number of nitrogens with zero attached hydrogens (tertiary/aromatic N) is 2. The molecular weight excluding hydrogens is 601 g/mol. The number of ether oxygens (including phenoxy) is 2. The van der Waals surface area contributed by atoms with Crippen LogP contribution in [0, 0.1) is 21.3 Å². The lowest BCUT2D eigenvalue weighted by molar-refractivity contribution is -0.429. The van der Waals surface area contributed by atoms with E-state index in [1.165, 1.54) is 32.3 Å². The van der Waals surface area contributed by atoms with Crippen LogP contribution in [0.1, 0.15) is 74.0 Å². The van der Waals surface area contributed by atoms with Crippen LogP contribution in [-0.4, -0.2) is 35.6 Å². The van der Waals surface area contributed by atoms with Crippen molar-refractivity contribution in [3.05, 3.63) is 91.9 Å². The highest BCUT2D eigenvalue weighted by molar-refractivity contribution is 5.79. The number of alkyl halides is 6. The number of benzene rings is 2. The quantitative estimate of drug-likeness (QED) is 0.174. The largest absolute Gasteiger partial charge is 0.496 e. The lowest BCUT2D eigenvalue weighted by atomic mass is 9.71. The van der Waals surface area contributed by atoms with E-state index < -0.39 is 63.4 Å². The van der Waals surface area contributed by atoms with E-state index in [9.17, 15) is 45.6 Å². The Kier molecular flexibility index (Phi) is 8.53. The van der Waals surface area contributed by atoms with Gasteiger partial charge in [-0.15, -0.1) is 0 Å². The second-order valence-electron chi connectivity index (χ2n) is 11.5. The minimum atomic E-state index is -5.11. The van der Waals surface area contributed by atoms with Crippen LogP contribution in [0.4, 0.5) is 35.5 Å². The van der Waals surface area contributed by atoms with Gasteiger partial charge in [0.25, 0.3) is 0 Å². The third kappa shape index (κ3) is 6.25. The van der Waals surface area contributed by atoms with Crippen molar-refractivity contribution in [2.75, 3.05) is 13.7 Å². The Morgan fingerprint density at radius 3 is 2.16 bits per heavy atom. The smallest absolute Gasteiger partial charge is 0.416 e. The van der Waals surface area contributed by atoms with Gasteiger partial charge < -0.3 is 14.4 Å². The molecule has 1 aliphatic heterocycles. The van der Waals surface area contributed by atoms with Gasteiger partial charge in [-0.1, -0.05) is 26.8 Å². The van der Waals surface area contributed by atoms with Gasteiger partial charge in [0.2, 0.25) is 5.70 Å². The number of carbonyl (C=O) groups is 1. The summed E-state index contributed by atoms with van der Waals surface area (Å²) in [6.07, 6.45) is -10.2. The number of carbonyl (C=O) groups excluding carboxylic acids is 1. The van der Waals surface area contributed by atoms with Crippen molar-refractivity contribution >= 4 is 11.7 Å². The molecule has 238 valence electrons. The fourth-order valence-corrected chi connectivity index (χ4v) is 5.69. The fraction of sp³-hybridized carbons (Fsp3) is 0.433. The molecule has 44 heavy (non-hydrogen) atoms. The monoisotopic (exact) mass is 630 g/mol. The van der Waals surface area contributed by atoms with Crippen LogP contribution in [0.3, 0.4) is 0 Å². The van der Waals surface area contributed by atoms with Crippen LogP contribution in [0.5, 0.6) is 5.75 Å². The van der Waals surface area contributed by atoms with Gasteiger partial charge in [-0.3, -0.25) is 10.1 Å². The predicted molar refractivity (Wildman–Crippen MR) is 145 cm³/mol. The third-order valence-electron chi connectivity index (χ3n) is 7.98. The summed E-state index contributed by atoms with van der Waals surface area (Å²) in [6, 6.07) is 2.67. The first kappa shape index (κ1) is 32.8. The number of hydrogen-bond acceptors (Lipinski definition) is 5. The van der Waals surface area contributed by atoms with E-state index in [0.717, 1.165) is 4.90 Å². The van der Waals surface area contributed by atoms with Gasteiger partial charge in [0, 0.05) is 36.1 Å². The zero-order valence-electron chi connectivity index (χ0n) is 24.3. The molecule has 7 nitrogen and oxygen atoms in total. The van der Waals surface area contributed by atoms with Gasteiger partial charge >= 0.3 is 18.4 Å². The number of hydrogen-bond donors (Lipinski definition) is 0. The average Bonchev–Trinajstić information content (AvgIpc) is 3.19. The number of rotatable bonds is 7. The van der Waals surface area contributed by atoms with Crippen molar-refractivity contribution < 1.29 is 49.9 Å². The Morgan fingerprint density at radius 2 is 1.66 bits per heavy atom. The maximum atomic E-state index is 14.8. The number of halogens is 7. The molecule has 2 unspecified atom stereocenters. The Labute approximate surface area is 248 Å². The summed E-state index contributed by atoms with van der Waals surface area (Å²) in [5.74, 6) is -0.650. The number of allylic oxidation sites excluding steroid dienone is 3. The minimum Gasteiger partial charge on any atom is -0.496 e. The van der Waals surface area contributed by atoms with Crippen LogP contribution < -0.4 is 4.74 Å². The van der Waals surface area contributed by atoms with Gasteiger partial charge in [-0.2, -0.15) is 26.3 Å². The highest BCUT2D eigenvalue weighted by Crippen LogP contribution is 2.49. The first-order valence-corrected chi connectivity index (χ1v) is 13.5. The molecule has 0 radical (unpaired) electrons. The van der Waals surface area contributed by atoms with E-state index in [1.54, 1.807) is 26.8 Å². The Morgan fingerprint density at radius 1 is 1.07 bits per heavy atom. The van der Waals surface area contributed by atoms with E-state index in [-0.39, 0.29) is 36.4 Å². The highest BCUT2D eigenvalue weighted by atomic mass is 19.4. The van der Waals surface area contributed by atoms with Crippen LogP contribution in [-0.2, 0) is 17.1 Å². The highest BCUT2D eigenvalue weighted by Gasteiger charge is 2.48. The molecule has 1 fully saturated rings. The predicted octanol–water partition coefficient (Wildman–Crippen LogP) is 8.53. The van der Waals surface area contributed by atoms with Gasteiger partial charge in [0.05, 0.1) is 29.2 Å². The molecule has 1 heterocycles. The molecule has 4 rings (SSSR count). The van der Waals surface area contributed by atoms with Crippen molar-refractivity contribution in [3.8, 4) is 5.75 Å². The van der Waals surface area contributed by atoms with Crippen molar-refractivity contribution in [2.24, 2.45) is 5.41 Å². The molecule has 1 saturated heterocycles. The molecule has 2 aromatic carbocycles. The van der Waals surface area contributed by atoms with E-state index in [0.29, 0.717) is 28.8 Å². The van der Waals surface area contributed by atoms with E-state index in [1.807, 2.05) is 0 Å². The number of methoxy groups -OCH3 is 1. The number of cyclic esters (lactones) is 1. The standard InChI is InChI=1S/C30H29F7N2O5/c1-15(2)21-11-22(25(43-5)12-24(21)31)23-7-6-20(39(41)42)13-28(23,4)14-38-16(3)26(44-27(38)40)17-8-18(29(32,33)34)10-19(9-17)30(35,36)37/h6-12,15-16,26H,13-14H2,1-5H3/t16?,26-,28?/m0/s1. The molecule has 0 saturated carbocycles. The number of nitro groups is 1. The molecule has 3 atom stereocenters. The topological polar surface area (TPSA) is 81.9 Å². The Balaban J connectivity index is 1.78. The summed E-state index contributed by atoms with van der Waals surface area (Å²) >= 11 is 0. The first-order chi connectivity index (χ1) is 20.3. The minimum absolute atomic E-state index is 0.0180. The SMILES string of the molecule is COc1cc(F)c(C(C)C)cc1C1=CC=C([N+](=O)[O-])CC1(C)CN1C(=O)O[C@H](c2cc(C(F)(F)F)cc(C(F)(F)F)c2)C1C. The Bertz CT molecular complexity index is 1520. The van der Waals surface area contributed by atoms with Crippen molar-refractivity contribution in [3.63, 3.8) is 0 Å². The molecular formula is C30H29F7N2O5. The van der Waals surface area contributed by atoms with Crippen LogP contribution in [0.15, 0.2) is 48.2 Å². The van der Waals surface area contributed by atoms with Crippen LogP contribution in [0.2, 0.25) is 0 Å². The molecule has 2 aromatic rings. The van der Waals surface area contributed by atoms with E-state index in [2.05, 4.69) is 0 Å². The third-order valence-corrected chi connectivity index (χ3v) is 7.98. The summed E-state index contributed by atoms with van der Waals surface area (Å²) in [4.78, 5) is 25.4. The second kappa shape index (κ2) is 11.4. The molecule has 1 amide bonds. The summed E-state index contributed by atoms with van der Waals surface area (Å²) in [5, 5.41) is 11.8. The zero-order chi connectivity index (χ0) is 32.9. The van der Waals surface area contributed by atoms with Gasteiger partial charge in [-0.05, 0) is 53.8 Å². The lowest BCUT2D eigenvalue weighted by Gasteiger charge is -2.38. The molecule has 0 aromatic heterocycles. The zero-order valence-corrected chi connectivity index (χ0v) is 24.3. The van der Waals surface area contributed by atoms with Gasteiger partial charge in [0.1, 0.15) is 17.7 Å². The van der Waals surface area contributed by atoms with Crippen LogP contribution in [0.25, 0.3) is 5.57 Å². The lowest BCUT2D eigenvalue weighted by Crippen LogP contribution is -2.42. The second-order valence-corrected chi connectivity index (χ2v) is 11.5. The fourth-order valence-electron chi connectivity index (χ4n) is 5.69. The molecule has 0 N–H and O–H groups in total. The maximum absolute atomic E-state index is 14.8. The van der Waals surface area contributed by atoms with Gasteiger partial charge in [-0.25, -0.2) is 9.18 Å². The summed E-state index contributed by atoms with van der Waals surface area (Å²) in [6.45, 7) is 6.29. The molecule has 1 aliphatic carbocycles. The van der Waals surface area contributed by atoms with E-state index >= 15 is 0 Å². The molecule has 14 heteroatoms. The molecule has 0 bridgehead atoms. The van der Waals surface area contributed by atoms with E-state index in [4.69, 9.17) is 9.47 Å². The first-order valence-electron chi connectivity index (χ1n) is 13.5. The molecule has 2 aliphatic rings. The van der Waals surface area contributed by atoms with Crippen molar-refractivity contribution in [1.82, 2.24) is 4.90 Å². The van der Waals surface area contributed by atoms with Crippen LogP contribution >= 0.6 is 0 Å². The van der Waals surface area contributed by atoms with Crippen molar-refractivity contribution in [2.45, 2.75) is 64.5 Å². The maximum Gasteiger partial charge on any atom is 0.416 e. The summed E-state index contributed by atoms with van der Waals surface area (Å²) < 4.78 is 107. The normalized spacial score (nSPS) is 22.6. The summed E-state index contributed by atoms with van der Waals surface area (Å²) in [7, 11) is 1.32. The van der Waals surface area contributed by atoms with Crippen molar-refractivity contribution in [1.29, 1.82) is 0 Å². The number of amides is 1. The average molecular weight is 631 g/mol.